The van der Waals surface area contributed by atoms with Gasteiger partial charge in [-0.2, -0.15) is 0 Å². The van der Waals surface area contributed by atoms with E-state index >= 15 is 0 Å². The van der Waals surface area contributed by atoms with E-state index in [0.29, 0.717) is 61.4 Å². The number of likely N-dealkylation sites (N-methyl/N-ethyl adjacent to an activating group) is 2. The fraction of sp³-hybridized carbons (Fsp3) is 0.591. The van der Waals surface area contributed by atoms with Crippen LogP contribution in [0, 0.1) is 10.8 Å². The molecule has 2 aromatic rings. The summed E-state index contributed by atoms with van der Waals surface area (Å²) >= 11 is 3.20. The van der Waals surface area contributed by atoms with Gasteiger partial charge in [0.1, 0.15) is 18.1 Å². The van der Waals surface area contributed by atoms with Crippen LogP contribution in [0.25, 0.3) is 0 Å². The highest BCUT2D eigenvalue weighted by Crippen LogP contribution is 2.46. The number of nitrogens with one attached hydrogen (secondary N) is 6. The molecule has 3 fully saturated rings. The lowest BCUT2D eigenvalue weighted by atomic mass is 9.84. The predicted molar refractivity (Wildman–Crippen MR) is 243 cm³/mol. The number of anilines is 2. The molecule has 8 N–H and O–H groups in total. The van der Waals surface area contributed by atoms with Crippen LogP contribution in [0.3, 0.4) is 0 Å². The Morgan fingerprint density at radius 3 is 1.87 bits per heavy atom. The molecule has 0 saturated carbocycles. The SMILES string of the molecule is CN[C@@H](C)C(=O)N[C@H]1CCS[C@@H](CC(C)(C)CC(=O)Nc2ccccc2CCc2ccccc2NC(=O)[C@H]2N3C(=O)[C@@H](NC(=O)[C@H](C)NC)CCS[C@H]3CC2(C)C)N(N)C1=O. The third-order valence-electron chi connectivity index (χ3n) is 12.0. The van der Waals surface area contributed by atoms with Gasteiger partial charge in [-0.3, -0.25) is 33.8 Å². The first-order chi connectivity index (χ1) is 28.8. The van der Waals surface area contributed by atoms with Crippen molar-refractivity contribution in [2.45, 2.75) is 127 Å². The number of aryl methyl sites for hydroxylation is 2. The molecule has 2 aromatic carbocycles. The van der Waals surface area contributed by atoms with Crippen molar-refractivity contribution in [3.8, 4) is 0 Å². The van der Waals surface area contributed by atoms with Gasteiger partial charge in [0.15, 0.2) is 0 Å². The lowest BCUT2D eigenvalue weighted by Gasteiger charge is -2.34. The van der Waals surface area contributed by atoms with Gasteiger partial charge in [0, 0.05) is 17.8 Å². The monoisotopic (exact) mass is 879 g/mol. The highest BCUT2D eigenvalue weighted by Gasteiger charge is 2.54. The number of carbonyl (C=O) groups excluding carboxylic acids is 6. The summed E-state index contributed by atoms with van der Waals surface area (Å²) in [6.45, 7) is 11.5. The smallest absolute Gasteiger partial charge is 0.260 e. The largest absolute Gasteiger partial charge is 0.343 e. The van der Waals surface area contributed by atoms with Crippen LogP contribution in [0.4, 0.5) is 11.4 Å². The molecule has 6 amide bonds. The Kier molecular flexibility index (Phi) is 16.3. The molecule has 3 aliphatic heterocycles. The average molecular weight is 880 g/mol. The lowest BCUT2D eigenvalue weighted by Crippen LogP contribution is -2.57. The summed E-state index contributed by atoms with van der Waals surface area (Å²) < 4.78 is 0. The number of nitrogens with two attached hydrogens (primary N) is 1. The molecule has 0 radical (unpaired) electrons. The number of nitrogens with zero attached hydrogens (tertiary/aromatic N) is 2. The normalized spacial score (nSPS) is 23.9. The number of thioether (sulfide) groups is 2. The maximum Gasteiger partial charge on any atom is 0.260 e. The first kappa shape index (κ1) is 47.9. The highest BCUT2D eigenvalue weighted by molar-refractivity contribution is 8.00. The summed E-state index contributed by atoms with van der Waals surface area (Å²) in [5, 5.41) is 18.5. The third-order valence-corrected chi connectivity index (χ3v) is 14.5. The van der Waals surface area contributed by atoms with Crippen molar-refractivity contribution < 1.29 is 28.8 Å². The minimum atomic E-state index is -0.739. The first-order valence-electron chi connectivity index (χ1n) is 21.2. The van der Waals surface area contributed by atoms with Crippen molar-refractivity contribution >= 4 is 70.3 Å². The molecule has 0 spiro atoms. The molecule has 3 saturated heterocycles. The first-order valence-corrected chi connectivity index (χ1v) is 23.3. The topological polar surface area (TPSA) is 207 Å². The number of para-hydroxylation sites is 2. The summed E-state index contributed by atoms with van der Waals surface area (Å²) in [7, 11) is 3.38. The average Bonchev–Trinajstić information content (AvgIpc) is 3.32. The van der Waals surface area contributed by atoms with Crippen molar-refractivity contribution in [1.29, 1.82) is 0 Å². The van der Waals surface area contributed by atoms with Crippen LogP contribution in [0.1, 0.15) is 84.8 Å². The number of fused-ring (bicyclic) bond motifs is 1. The van der Waals surface area contributed by atoms with E-state index < -0.39 is 41.0 Å². The highest BCUT2D eigenvalue weighted by atomic mass is 32.2. The van der Waals surface area contributed by atoms with E-state index in [-0.39, 0.29) is 52.6 Å². The molecular weight excluding hydrogens is 815 g/mol. The molecule has 61 heavy (non-hydrogen) atoms. The van der Waals surface area contributed by atoms with Gasteiger partial charge < -0.3 is 36.8 Å². The van der Waals surface area contributed by atoms with E-state index in [1.165, 1.54) is 5.01 Å². The molecular formula is C44H65N9O6S2. The second-order valence-corrected chi connectivity index (χ2v) is 20.4. The van der Waals surface area contributed by atoms with Gasteiger partial charge in [0.05, 0.1) is 22.8 Å². The van der Waals surface area contributed by atoms with Gasteiger partial charge in [0.2, 0.25) is 29.5 Å². The van der Waals surface area contributed by atoms with Crippen LogP contribution in [0.2, 0.25) is 0 Å². The Bertz CT molecular complexity index is 1930. The third kappa shape index (κ3) is 12.1. The van der Waals surface area contributed by atoms with Gasteiger partial charge in [0.25, 0.3) is 5.91 Å². The van der Waals surface area contributed by atoms with Crippen molar-refractivity contribution in [3.63, 3.8) is 0 Å². The molecule has 7 atom stereocenters. The van der Waals surface area contributed by atoms with E-state index in [2.05, 4.69) is 31.9 Å². The van der Waals surface area contributed by atoms with Crippen LogP contribution in [0.5, 0.6) is 0 Å². The fourth-order valence-electron chi connectivity index (χ4n) is 8.21. The summed E-state index contributed by atoms with van der Waals surface area (Å²) in [6, 6.07) is 12.2. The predicted octanol–water partition coefficient (Wildman–Crippen LogP) is 3.60. The lowest BCUT2D eigenvalue weighted by molar-refractivity contribution is -0.142. The Balaban J connectivity index is 1.21. The maximum atomic E-state index is 14.3. The van der Waals surface area contributed by atoms with E-state index in [0.717, 1.165) is 11.1 Å². The number of amides is 6. The molecule has 0 aromatic heterocycles. The molecule has 17 heteroatoms. The minimum Gasteiger partial charge on any atom is -0.343 e. The summed E-state index contributed by atoms with van der Waals surface area (Å²) in [4.78, 5) is 82.2. The molecule has 0 unspecified atom stereocenters. The number of hydrogen-bond acceptors (Lipinski definition) is 11. The van der Waals surface area contributed by atoms with E-state index in [4.69, 9.17) is 5.84 Å². The van der Waals surface area contributed by atoms with Crippen LogP contribution in [0.15, 0.2) is 48.5 Å². The van der Waals surface area contributed by atoms with Gasteiger partial charge in [-0.1, -0.05) is 64.1 Å². The molecule has 0 bridgehead atoms. The summed E-state index contributed by atoms with van der Waals surface area (Å²) in [5.74, 6) is 6.13. The number of hydrazine groups is 1. The van der Waals surface area contributed by atoms with Gasteiger partial charge in [-0.05, 0) is 112 Å². The van der Waals surface area contributed by atoms with Crippen LogP contribution >= 0.6 is 23.5 Å². The second-order valence-electron chi connectivity index (χ2n) is 17.9. The Morgan fingerprint density at radius 1 is 0.803 bits per heavy atom. The van der Waals surface area contributed by atoms with Crippen molar-refractivity contribution in [2.75, 3.05) is 36.2 Å². The zero-order chi connectivity index (χ0) is 44.6. The van der Waals surface area contributed by atoms with Crippen molar-refractivity contribution in [2.24, 2.45) is 16.7 Å². The molecule has 334 valence electrons. The van der Waals surface area contributed by atoms with Crippen LogP contribution in [-0.2, 0) is 41.6 Å². The number of hydrogen-bond donors (Lipinski definition) is 7. The summed E-state index contributed by atoms with van der Waals surface area (Å²) in [5.41, 5.74) is 2.17. The zero-order valence-electron chi connectivity index (χ0n) is 36.8. The van der Waals surface area contributed by atoms with E-state index in [1.54, 1.807) is 56.4 Å². The standard InChI is InChI=1S/C44H65N9O6S2/c1-26(46-7)38(55)50-32-19-21-60-35-25-44(5,6)37(52(35)41(32)58)40(57)49-31-16-12-10-14-29(31)18-17-28-13-9-11-15-30(28)48-34(54)23-43(3,4)24-36-53(45)42(59)33(20-22-61-36)51-39(56)27(2)47-8/h9-16,26-27,32-33,35-37,46-47H,17-25,45H2,1-8H3,(H,48,54)(H,49,57)(H,50,55)(H,51,56)/t26-,27-,32-,33-,35-,36-,37+/m0/s1. The molecule has 15 nitrogen and oxygen atoms in total. The molecule has 3 aliphatic rings. The van der Waals surface area contributed by atoms with Crippen LogP contribution < -0.4 is 37.7 Å². The number of carbonyl (C=O) groups is 6. The van der Waals surface area contributed by atoms with Crippen LogP contribution in [-0.4, -0.2) is 112 Å². The van der Waals surface area contributed by atoms with Gasteiger partial charge in [-0.15, -0.1) is 23.5 Å². The molecule has 3 heterocycles. The van der Waals surface area contributed by atoms with Gasteiger partial charge >= 0.3 is 0 Å². The van der Waals surface area contributed by atoms with Crippen molar-refractivity contribution in [1.82, 2.24) is 31.2 Å². The quantitative estimate of drug-likeness (QED) is 0.0959. The van der Waals surface area contributed by atoms with Crippen molar-refractivity contribution in [3.05, 3.63) is 59.7 Å². The summed E-state index contributed by atoms with van der Waals surface area (Å²) in [6.07, 6.45) is 3.41. The second kappa shape index (κ2) is 20.8. The van der Waals surface area contributed by atoms with Gasteiger partial charge in [-0.25, -0.2) is 5.84 Å². The van der Waals surface area contributed by atoms with E-state index in [9.17, 15) is 28.8 Å². The molecule has 0 aliphatic carbocycles. The molecule has 5 rings (SSSR count). The van der Waals surface area contributed by atoms with E-state index in [1.807, 2.05) is 76.2 Å². The fourth-order valence-corrected chi connectivity index (χ4v) is 11.3. The number of benzene rings is 2. The maximum absolute atomic E-state index is 14.3. The number of rotatable bonds is 16. The minimum absolute atomic E-state index is 0.165. The Hall–Kier alpha value is -4.16. The zero-order valence-corrected chi connectivity index (χ0v) is 38.4. The Morgan fingerprint density at radius 2 is 1.31 bits per heavy atom. The Labute approximate surface area is 368 Å².